The van der Waals surface area contributed by atoms with Gasteiger partial charge in [-0.15, -0.1) is 0 Å². The Balaban J connectivity index is 2.42. The predicted molar refractivity (Wildman–Crippen MR) is 59.7 cm³/mol. The van der Waals surface area contributed by atoms with Crippen molar-refractivity contribution in [3.8, 4) is 0 Å². The van der Waals surface area contributed by atoms with E-state index in [9.17, 15) is 9.90 Å². The van der Waals surface area contributed by atoms with Crippen LogP contribution in [0.1, 0.15) is 32.6 Å². The number of nitrogens with zero attached hydrogens (tertiary/aromatic N) is 2. The Labute approximate surface area is 91.9 Å². The summed E-state index contributed by atoms with van der Waals surface area (Å²) >= 11 is 0. The van der Waals surface area contributed by atoms with Crippen molar-refractivity contribution in [2.75, 3.05) is 26.7 Å². The summed E-state index contributed by atoms with van der Waals surface area (Å²) < 4.78 is 0. The van der Waals surface area contributed by atoms with Crippen molar-refractivity contribution in [1.29, 1.82) is 0 Å². The number of carbonyl (C=O) groups excluding carboxylic acids is 1. The molecule has 1 aliphatic heterocycles. The van der Waals surface area contributed by atoms with Gasteiger partial charge in [0.1, 0.15) is 0 Å². The van der Waals surface area contributed by atoms with E-state index in [1.807, 2.05) is 4.90 Å². The minimum atomic E-state index is -0.453. The fraction of sp³-hybridized carbons (Fsp3) is 0.909. The van der Waals surface area contributed by atoms with Crippen LogP contribution in [0.4, 0.5) is 4.79 Å². The van der Waals surface area contributed by atoms with Crippen molar-refractivity contribution in [1.82, 2.24) is 9.80 Å². The molecule has 0 spiro atoms. The number of aliphatic hydroxyl groups excluding tert-OH is 1. The lowest BCUT2D eigenvalue weighted by Gasteiger charge is -2.27. The van der Waals surface area contributed by atoms with Gasteiger partial charge in [0.15, 0.2) is 0 Å². The van der Waals surface area contributed by atoms with E-state index >= 15 is 0 Å². The van der Waals surface area contributed by atoms with E-state index in [1.165, 1.54) is 12.8 Å². The zero-order valence-electron chi connectivity index (χ0n) is 9.78. The summed E-state index contributed by atoms with van der Waals surface area (Å²) in [7, 11) is 1.75. The number of aliphatic hydroxyl groups is 1. The maximum absolute atomic E-state index is 11.9. The third-order valence-electron chi connectivity index (χ3n) is 2.74. The predicted octanol–water partition coefficient (Wildman–Crippen LogP) is 1.29. The van der Waals surface area contributed by atoms with E-state index in [1.54, 1.807) is 18.9 Å². The average molecular weight is 214 g/mol. The topological polar surface area (TPSA) is 43.8 Å². The van der Waals surface area contributed by atoms with Gasteiger partial charge in [0.2, 0.25) is 0 Å². The summed E-state index contributed by atoms with van der Waals surface area (Å²) in [4.78, 5) is 15.4. The lowest BCUT2D eigenvalue weighted by atomic mass is 10.2. The van der Waals surface area contributed by atoms with Crippen molar-refractivity contribution in [2.24, 2.45) is 0 Å². The van der Waals surface area contributed by atoms with Crippen LogP contribution in [0, 0.1) is 0 Å². The van der Waals surface area contributed by atoms with Gasteiger partial charge in [0, 0.05) is 26.7 Å². The van der Waals surface area contributed by atoms with E-state index in [0.717, 1.165) is 25.9 Å². The van der Waals surface area contributed by atoms with Crippen LogP contribution in [0.2, 0.25) is 0 Å². The molecule has 1 saturated heterocycles. The molecule has 0 aromatic rings. The minimum absolute atomic E-state index is 0.0535. The Morgan fingerprint density at radius 3 is 2.33 bits per heavy atom. The molecular formula is C11H22N2O2. The first kappa shape index (κ1) is 12.3. The number of amides is 2. The van der Waals surface area contributed by atoms with Crippen molar-refractivity contribution < 1.29 is 9.90 Å². The van der Waals surface area contributed by atoms with Gasteiger partial charge in [-0.05, 0) is 19.8 Å². The molecule has 0 aromatic carbocycles. The highest BCUT2D eigenvalue weighted by atomic mass is 16.3. The van der Waals surface area contributed by atoms with Gasteiger partial charge in [-0.2, -0.15) is 0 Å². The zero-order chi connectivity index (χ0) is 11.3. The maximum Gasteiger partial charge on any atom is 0.319 e. The van der Waals surface area contributed by atoms with E-state index in [4.69, 9.17) is 0 Å². The van der Waals surface area contributed by atoms with E-state index in [2.05, 4.69) is 0 Å². The van der Waals surface area contributed by atoms with Gasteiger partial charge >= 0.3 is 6.03 Å². The van der Waals surface area contributed by atoms with Gasteiger partial charge in [0.25, 0.3) is 0 Å². The van der Waals surface area contributed by atoms with Crippen LogP contribution in [0.5, 0.6) is 0 Å². The molecule has 1 N–H and O–H groups in total. The van der Waals surface area contributed by atoms with Crippen molar-refractivity contribution in [2.45, 2.75) is 38.7 Å². The zero-order valence-corrected chi connectivity index (χ0v) is 9.78. The number of hydrogen-bond acceptors (Lipinski definition) is 2. The molecular weight excluding hydrogens is 192 g/mol. The highest BCUT2D eigenvalue weighted by molar-refractivity contribution is 5.74. The summed E-state index contributed by atoms with van der Waals surface area (Å²) in [6, 6.07) is 0.0535. The van der Waals surface area contributed by atoms with E-state index < -0.39 is 6.10 Å². The largest absolute Gasteiger partial charge is 0.392 e. The van der Waals surface area contributed by atoms with E-state index in [-0.39, 0.29) is 6.03 Å². The van der Waals surface area contributed by atoms with Crippen LogP contribution in [0.15, 0.2) is 0 Å². The molecule has 1 fully saturated rings. The SMILES string of the molecule is CC(O)CN(C)C(=O)N1CCCCCC1. The number of urea groups is 1. The molecule has 0 aromatic heterocycles. The Morgan fingerprint density at radius 2 is 1.87 bits per heavy atom. The van der Waals surface area contributed by atoms with Crippen LogP contribution in [-0.4, -0.2) is 53.7 Å². The number of hydrogen-bond donors (Lipinski definition) is 1. The monoisotopic (exact) mass is 214 g/mol. The van der Waals surface area contributed by atoms with Crippen LogP contribution in [-0.2, 0) is 0 Å². The first-order valence-corrected chi connectivity index (χ1v) is 5.79. The quantitative estimate of drug-likeness (QED) is 0.753. The molecule has 1 rings (SSSR count). The normalized spacial score (nSPS) is 19.5. The second kappa shape index (κ2) is 5.95. The third-order valence-corrected chi connectivity index (χ3v) is 2.74. The Morgan fingerprint density at radius 1 is 1.33 bits per heavy atom. The molecule has 2 amide bonds. The van der Waals surface area contributed by atoms with Crippen LogP contribution in [0.3, 0.4) is 0 Å². The number of carbonyl (C=O) groups is 1. The van der Waals surface area contributed by atoms with Crippen molar-refractivity contribution in [3.05, 3.63) is 0 Å². The van der Waals surface area contributed by atoms with Crippen molar-refractivity contribution in [3.63, 3.8) is 0 Å². The molecule has 0 bridgehead atoms. The minimum Gasteiger partial charge on any atom is -0.392 e. The summed E-state index contributed by atoms with van der Waals surface area (Å²) in [6.45, 7) is 3.84. The van der Waals surface area contributed by atoms with Gasteiger partial charge < -0.3 is 14.9 Å². The fourth-order valence-corrected chi connectivity index (χ4v) is 1.98. The molecule has 1 heterocycles. The molecule has 0 saturated carbocycles. The number of rotatable bonds is 2. The molecule has 1 unspecified atom stereocenters. The first-order valence-electron chi connectivity index (χ1n) is 5.79. The summed E-state index contributed by atoms with van der Waals surface area (Å²) in [5, 5.41) is 9.21. The van der Waals surface area contributed by atoms with Gasteiger partial charge in [0.05, 0.1) is 6.10 Å². The molecule has 1 aliphatic rings. The second-order valence-corrected chi connectivity index (χ2v) is 4.41. The van der Waals surface area contributed by atoms with Gasteiger partial charge in [-0.25, -0.2) is 4.79 Å². The lowest BCUT2D eigenvalue weighted by Crippen LogP contribution is -2.44. The standard InChI is InChI=1S/C11H22N2O2/c1-10(14)9-12(2)11(15)13-7-5-3-4-6-8-13/h10,14H,3-9H2,1-2H3. The number of likely N-dealkylation sites (tertiary alicyclic amines) is 1. The second-order valence-electron chi connectivity index (χ2n) is 4.41. The summed E-state index contributed by atoms with van der Waals surface area (Å²) in [6.07, 6.45) is 4.21. The van der Waals surface area contributed by atoms with Crippen LogP contribution < -0.4 is 0 Å². The number of likely N-dealkylation sites (N-methyl/N-ethyl adjacent to an activating group) is 1. The lowest BCUT2D eigenvalue weighted by molar-refractivity contribution is 0.123. The maximum atomic E-state index is 11.9. The average Bonchev–Trinajstić information content (AvgIpc) is 2.43. The van der Waals surface area contributed by atoms with Crippen LogP contribution >= 0.6 is 0 Å². The highest BCUT2D eigenvalue weighted by Gasteiger charge is 2.19. The Bertz CT molecular complexity index is 199. The molecule has 15 heavy (non-hydrogen) atoms. The fourth-order valence-electron chi connectivity index (χ4n) is 1.98. The first-order chi connectivity index (χ1) is 7.11. The molecule has 1 atom stereocenters. The molecule has 88 valence electrons. The molecule has 4 heteroatoms. The van der Waals surface area contributed by atoms with Crippen LogP contribution in [0.25, 0.3) is 0 Å². The summed E-state index contributed by atoms with van der Waals surface area (Å²) in [5.74, 6) is 0. The van der Waals surface area contributed by atoms with Gasteiger partial charge in [-0.3, -0.25) is 0 Å². The Hall–Kier alpha value is -0.770. The molecule has 0 aliphatic carbocycles. The van der Waals surface area contributed by atoms with Crippen molar-refractivity contribution >= 4 is 6.03 Å². The third kappa shape index (κ3) is 4.08. The van der Waals surface area contributed by atoms with Gasteiger partial charge in [-0.1, -0.05) is 12.8 Å². The van der Waals surface area contributed by atoms with E-state index in [0.29, 0.717) is 6.54 Å². The Kier molecular flexibility index (Phi) is 4.88. The molecule has 4 nitrogen and oxygen atoms in total. The smallest absolute Gasteiger partial charge is 0.319 e. The highest BCUT2D eigenvalue weighted by Crippen LogP contribution is 2.11. The molecule has 0 radical (unpaired) electrons. The summed E-state index contributed by atoms with van der Waals surface area (Å²) in [5.41, 5.74) is 0.